The third-order valence-electron chi connectivity index (χ3n) is 2.21. The molecule has 2 atom stereocenters. The van der Waals surface area contributed by atoms with Gasteiger partial charge in [0.2, 0.25) is 0 Å². The highest BCUT2D eigenvalue weighted by atomic mass is 14.2. The van der Waals surface area contributed by atoms with E-state index in [1.807, 2.05) is 6.07 Å². The van der Waals surface area contributed by atoms with Gasteiger partial charge in [-0.2, -0.15) is 0 Å². The Kier molecular flexibility index (Phi) is 1.69. The molecule has 0 saturated heterocycles. The molecule has 0 bridgehead atoms. The van der Waals surface area contributed by atoms with Crippen molar-refractivity contribution in [1.82, 2.24) is 0 Å². The lowest BCUT2D eigenvalue weighted by Crippen LogP contribution is -2.07. The summed E-state index contributed by atoms with van der Waals surface area (Å²) in [7, 11) is 0. The molecule has 0 heterocycles. The summed E-state index contributed by atoms with van der Waals surface area (Å²) in [5.41, 5.74) is 2.59. The highest BCUT2D eigenvalue weighted by molar-refractivity contribution is 5.26. The molecule has 0 saturated carbocycles. The minimum Gasteiger partial charge on any atom is -0.0818 e. The van der Waals surface area contributed by atoms with Gasteiger partial charge in [-0.3, -0.25) is 0 Å². The van der Waals surface area contributed by atoms with E-state index < -0.39 is 0 Å². The average Bonchev–Trinajstić information content (AvgIpc) is 2.19. The van der Waals surface area contributed by atoms with E-state index in [2.05, 4.69) is 37.3 Å². The van der Waals surface area contributed by atoms with Gasteiger partial charge in [0.1, 0.15) is 0 Å². The smallest absolute Gasteiger partial charge is 0.0319 e. The lowest BCUT2D eigenvalue weighted by atomic mass is 9.84. The van der Waals surface area contributed by atoms with E-state index in [-0.39, 0.29) is 6.40 Å². The molecule has 62 valence electrons. The van der Waals surface area contributed by atoms with Crippen LogP contribution < -0.4 is 0 Å². The number of rotatable bonds is 2. The van der Waals surface area contributed by atoms with Crippen LogP contribution in [-0.2, 0) is 6.42 Å². The van der Waals surface area contributed by atoms with Crippen LogP contribution in [0.15, 0.2) is 42.0 Å². The lowest BCUT2D eigenvalue weighted by Gasteiger charge is -2.21. The Morgan fingerprint density at radius 1 is 1.42 bits per heavy atom. The van der Waals surface area contributed by atoms with Gasteiger partial charge in [0.25, 0.3) is 0 Å². The molecule has 0 aliphatic heterocycles. The fourth-order valence-electron chi connectivity index (χ4n) is 1.61. The monoisotopic (exact) mass is 159 g/mol. The van der Waals surface area contributed by atoms with Gasteiger partial charge in [0.15, 0.2) is 0 Å². The first-order chi connectivity index (χ1) is 6.27. The molecule has 2 rings (SSSR count). The molecule has 0 amide bonds. The number of hydrogen-bond donors (Lipinski definition) is 0. The summed E-state index contributed by atoms with van der Waals surface area (Å²) in [6, 6.07) is 10.4. The Labute approximate surface area is 75.3 Å². The zero-order valence-electron chi connectivity index (χ0n) is 8.33. The van der Waals surface area contributed by atoms with E-state index in [0.29, 0.717) is 5.92 Å². The van der Waals surface area contributed by atoms with Crippen LogP contribution in [0.4, 0.5) is 0 Å². The van der Waals surface area contributed by atoms with Gasteiger partial charge >= 0.3 is 0 Å². The van der Waals surface area contributed by atoms with Crippen LogP contribution in [0.1, 0.15) is 20.3 Å². The van der Waals surface area contributed by atoms with Crippen molar-refractivity contribution in [2.45, 2.75) is 19.7 Å². The predicted octanol–water partition coefficient (Wildman–Crippen LogP) is 3.20. The summed E-state index contributed by atoms with van der Waals surface area (Å²) in [5.74, 6) is 0.457. The maximum absolute atomic E-state index is 7.76. The number of hydrogen-bond acceptors (Lipinski definition) is 0. The molecule has 0 unspecified atom stereocenters. The van der Waals surface area contributed by atoms with Crippen molar-refractivity contribution in [3.63, 3.8) is 0 Å². The fraction of sp³-hybridized carbons (Fsp3) is 0.333. The third kappa shape index (κ3) is 1.58. The van der Waals surface area contributed by atoms with Crippen LogP contribution in [-0.4, -0.2) is 0 Å². The van der Waals surface area contributed by atoms with E-state index >= 15 is 0 Å². The lowest BCUT2D eigenvalue weighted by molar-refractivity contribution is 0.622. The molecule has 1 aliphatic rings. The summed E-state index contributed by atoms with van der Waals surface area (Å²) in [5, 5.41) is 0. The average molecular weight is 159 g/mol. The minimum atomic E-state index is 0.0419. The van der Waals surface area contributed by atoms with E-state index in [1.165, 1.54) is 11.1 Å². The van der Waals surface area contributed by atoms with Crippen molar-refractivity contribution in [2.24, 2.45) is 5.92 Å². The van der Waals surface area contributed by atoms with Crippen LogP contribution in [0.2, 0.25) is 0 Å². The Morgan fingerprint density at radius 3 is 2.75 bits per heavy atom. The normalized spacial score (nSPS) is 28.8. The maximum Gasteiger partial charge on any atom is 0.0319 e. The third-order valence-corrected chi connectivity index (χ3v) is 2.21. The Balaban J connectivity index is 2.05. The second kappa shape index (κ2) is 3.14. The summed E-state index contributed by atoms with van der Waals surface area (Å²) >= 11 is 0. The summed E-state index contributed by atoms with van der Waals surface area (Å²) < 4.78 is 7.76. The van der Waals surface area contributed by atoms with Crippen molar-refractivity contribution in [2.75, 3.05) is 0 Å². The van der Waals surface area contributed by atoms with E-state index in [1.54, 1.807) is 0 Å². The standard InChI is InChI=1S/C12H14/c1-10-7-12(8-10)9-11-5-3-2-4-6-11/h2-7,10H,8-9H2,1H3/t10-/m0/s1/i8D/t8-,10-. The quantitative estimate of drug-likeness (QED) is 0.581. The topological polar surface area (TPSA) is 0 Å². The van der Waals surface area contributed by atoms with Crippen LogP contribution in [0.25, 0.3) is 0 Å². The molecule has 1 aromatic rings. The highest BCUT2D eigenvalue weighted by Crippen LogP contribution is 2.27. The van der Waals surface area contributed by atoms with Crippen LogP contribution in [0.5, 0.6) is 0 Å². The van der Waals surface area contributed by atoms with Crippen LogP contribution in [0.3, 0.4) is 0 Å². The first kappa shape index (κ1) is 6.47. The van der Waals surface area contributed by atoms with Crippen molar-refractivity contribution < 1.29 is 1.37 Å². The SMILES string of the molecule is [2H][C@@H]1C(Cc2ccccc2)=C[C@@H]1C. The van der Waals surface area contributed by atoms with Gasteiger partial charge in [-0.05, 0) is 24.3 Å². The highest BCUT2D eigenvalue weighted by Gasteiger charge is 2.13. The second-order valence-electron chi connectivity index (χ2n) is 3.43. The Bertz CT molecular complexity index is 313. The molecule has 0 heteroatoms. The van der Waals surface area contributed by atoms with Gasteiger partial charge in [-0.1, -0.05) is 48.9 Å². The zero-order chi connectivity index (χ0) is 9.26. The molecule has 0 spiro atoms. The molecule has 0 radical (unpaired) electrons. The minimum absolute atomic E-state index is 0.0419. The molecular weight excluding hydrogens is 144 g/mol. The van der Waals surface area contributed by atoms with E-state index in [9.17, 15) is 0 Å². The predicted molar refractivity (Wildman–Crippen MR) is 52.0 cm³/mol. The van der Waals surface area contributed by atoms with E-state index in [0.717, 1.165) is 6.42 Å². The Hall–Kier alpha value is -1.04. The number of allylic oxidation sites excluding steroid dienone is 2. The first-order valence-corrected chi connectivity index (χ1v) is 4.44. The second-order valence-corrected chi connectivity index (χ2v) is 3.43. The van der Waals surface area contributed by atoms with Crippen LogP contribution >= 0.6 is 0 Å². The zero-order valence-corrected chi connectivity index (χ0v) is 7.33. The largest absolute Gasteiger partial charge is 0.0818 e. The van der Waals surface area contributed by atoms with Crippen molar-refractivity contribution >= 4 is 0 Å². The van der Waals surface area contributed by atoms with Gasteiger partial charge in [-0.15, -0.1) is 0 Å². The fourth-order valence-corrected chi connectivity index (χ4v) is 1.61. The molecule has 0 aromatic heterocycles. The molecule has 0 nitrogen and oxygen atoms in total. The molecule has 0 N–H and O–H groups in total. The van der Waals surface area contributed by atoms with Crippen molar-refractivity contribution in [3.05, 3.63) is 47.5 Å². The summed E-state index contributed by atoms with van der Waals surface area (Å²) in [4.78, 5) is 0. The maximum atomic E-state index is 7.76. The molecule has 0 fully saturated rings. The molecular formula is C12H14. The Morgan fingerprint density at radius 2 is 2.17 bits per heavy atom. The number of benzene rings is 1. The van der Waals surface area contributed by atoms with Gasteiger partial charge in [0.05, 0.1) is 0 Å². The van der Waals surface area contributed by atoms with E-state index in [4.69, 9.17) is 1.37 Å². The van der Waals surface area contributed by atoms with Gasteiger partial charge in [0, 0.05) is 1.37 Å². The van der Waals surface area contributed by atoms with Crippen molar-refractivity contribution in [3.8, 4) is 0 Å². The van der Waals surface area contributed by atoms with Crippen molar-refractivity contribution in [1.29, 1.82) is 0 Å². The van der Waals surface area contributed by atoms with Gasteiger partial charge < -0.3 is 0 Å². The summed E-state index contributed by atoms with van der Waals surface area (Å²) in [6.45, 7) is 2.10. The van der Waals surface area contributed by atoms with Gasteiger partial charge in [-0.25, -0.2) is 0 Å². The first-order valence-electron chi connectivity index (χ1n) is 5.02. The molecule has 1 aliphatic carbocycles. The van der Waals surface area contributed by atoms with Crippen LogP contribution in [0, 0.1) is 5.92 Å². The molecule has 1 aromatic carbocycles. The molecule has 12 heavy (non-hydrogen) atoms. The summed E-state index contributed by atoms with van der Waals surface area (Å²) in [6.07, 6.45) is 3.21.